The Morgan fingerprint density at radius 3 is 2.61 bits per heavy atom. The Labute approximate surface area is 109 Å². The van der Waals surface area contributed by atoms with Gasteiger partial charge in [-0.3, -0.25) is 0 Å². The van der Waals surface area contributed by atoms with Crippen molar-refractivity contribution in [3.63, 3.8) is 0 Å². The zero-order valence-corrected chi connectivity index (χ0v) is 10.2. The summed E-state index contributed by atoms with van der Waals surface area (Å²) < 4.78 is 0. The molecule has 0 unspecified atom stereocenters. The summed E-state index contributed by atoms with van der Waals surface area (Å²) in [5, 5.41) is 18.7. The average Bonchev–Trinajstić information content (AvgIpc) is 2.38. The zero-order chi connectivity index (χ0) is 13.1. The standard InChI is InChI=1S/C14H11ClO3/c15-11-4-5-12(14(17)18)13(7-11)10-3-1-2-9(6-10)8-16/h1-7,16H,8H2,(H,17,18). The second-order valence-corrected chi connectivity index (χ2v) is 4.29. The van der Waals surface area contributed by atoms with E-state index in [4.69, 9.17) is 21.8 Å². The first-order valence-corrected chi connectivity index (χ1v) is 5.72. The number of carboxylic acid groups (broad SMARTS) is 1. The van der Waals surface area contributed by atoms with Crippen LogP contribution in [0.15, 0.2) is 42.5 Å². The summed E-state index contributed by atoms with van der Waals surface area (Å²) in [5.74, 6) is -1.00. The lowest BCUT2D eigenvalue weighted by atomic mass is 9.98. The molecule has 3 nitrogen and oxygen atoms in total. The van der Waals surface area contributed by atoms with E-state index < -0.39 is 5.97 Å². The Bertz CT molecular complexity index is 593. The van der Waals surface area contributed by atoms with E-state index in [2.05, 4.69) is 0 Å². The molecule has 0 heterocycles. The number of aromatic carboxylic acids is 1. The fourth-order valence-electron chi connectivity index (χ4n) is 1.78. The molecule has 18 heavy (non-hydrogen) atoms. The van der Waals surface area contributed by atoms with Gasteiger partial charge in [-0.05, 0) is 41.0 Å². The molecular weight excluding hydrogens is 252 g/mol. The van der Waals surface area contributed by atoms with E-state index in [9.17, 15) is 4.79 Å². The first kappa shape index (κ1) is 12.6. The molecule has 0 spiro atoms. The van der Waals surface area contributed by atoms with Gasteiger partial charge in [0.05, 0.1) is 12.2 Å². The third-order valence-electron chi connectivity index (χ3n) is 2.63. The summed E-state index contributed by atoms with van der Waals surface area (Å²) in [6.45, 7) is -0.0865. The maximum Gasteiger partial charge on any atom is 0.336 e. The van der Waals surface area contributed by atoms with Gasteiger partial charge in [-0.2, -0.15) is 0 Å². The molecule has 0 fully saturated rings. The molecule has 0 aromatic heterocycles. The first-order chi connectivity index (χ1) is 8.61. The van der Waals surface area contributed by atoms with Crippen LogP contribution in [-0.4, -0.2) is 16.2 Å². The van der Waals surface area contributed by atoms with E-state index in [0.717, 1.165) is 11.1 Å². The molecule has 0 aliphatic carbocycles. The third-order valence-corrected chi connectivity index (χ3v) is 2.87. The highest BCUT2D eigenvalue weighted by Gasteiger charge is 2.12. The number of hydrogen-bond acceptors (Lipinski definition) is 2. The van der Waals surface area contributed by atoms with Crippen LogP contribution in [-0.2, 0) is 6.61 Å². The number of aliphatic hydroxyl groups excluding tert-OH is 1. The highest BCUT2D eigenvalue weighted by atomic mass is 35.5. The molecular formula is C14H11ClO3. The largest absolute Gasteiger partial charge is 0.478 e. The average molecular weight is 263 g/mol. The Hall–Kier alpha value is -1.84. The van der Waals surface area contributed by atoms with Gasteiger partial charge < -0.3 is 10.2 Å². The second kappa shape index (κ2) is 5.21. The molecule has 2 aromatic carbocycles. The monoisotopic (exact) mass is 262 g/mol. The van der Waals surface area contributed by atoms with Crippen molar-refractivity contribution in [3.8, 4) is 11.1 Å². The Morgan fingerprint density at radius 1 is 1.17 bits per heavy atom. The highest BCUT2D eigenvalue weighted by molar-refractivity contribution is 6.31. The van der Waals surface area contributed by atoms with Crippen LogP contribution in [0.3, 0.4) is 0 Å². The normalized spacial score (nSPS) is 10.3. The Morgan fingerprint density at radius 2 is 1.94 bits per heavy atom. The maximum atomic E-state index is 11.2. The van der Waals surface area contributed by atoms with Crippen LogP contribution in [0.5, 0.6) is 0 Å². The summed E-state index contributed by atoms with van der Waals surface area (Å²) in [7, 11) is 0. The number of halogens is 1. The third kappa shape index (κ3) is 2.53. The van der Waals surface area contributed by atoms with Crippen LogP contribution in [0, 0.1) is 0 Å². The van der Waals surface area contributed by atoms with Crippen molar-refractivity contribution in [2.45, 2.75) is 6.61 Å². The van der Waals surface area contributed by atoms with Crippen LogP contribution in [0.2, 0.25) is 5.02 Å². The van der Waals surface area contributed by atoms with Gasteiger partial charge >= 0.3 is 5.97 Å². The van der Waals surface area contributed by atoms with E-state index in [1.165, 1.54) is 6.07 Å². The van der Waals surface area contributed by atoms with Gasteiger partial charge in [0, 0.05) is 5.02 Å². The molecule has 0 aliphatic heterocycles. The van der Waals surface area contributed by atoms with Crippen molar-refractivity contribution < 1.29 is 15.0 Å². The summed E-state index contributed by atoms with van der Waals surface area (Å²) in [4.78, 5) is 11.2. The summed E-state index contributed by atoms with van der Waals surface area (Å²) >= 11 is 5.90. The van der Waals surface area contributed by atoms with Crippen LogP contribution in [0.4, 0.5) is 0 Å². The molecule has 92 valence electrons. The number of carbonyl (C=O) groups is 1. The fraction of sp³-hybridized carbons (Fsp3) is 0.0714. The van der Waals surface area contributed by atoms with Crippen molar-refractivity contribution >= 4 is 17.6 Å². The summed E-state index contributed by atoms with van der Waals surface area (Å²) in [6.07, 6.45) is 0. The molecule has 2 aromatic rings. The fourth-order valence-corrected chi connectivity index (χ4v) is 1.95. The predicted molar refractivity (Wildman–Crippen MR) is 69.8 cm³/mol. The molecule has 0 saturated heterocycles. The number of rotatable bonds is 3. The quantitative estimate of drug-likeness (QED) is 0.893. The smallest absolute Gasteiger partial charge is 0.336 e. The molecule has 4 heteroatoms. The van der Waals surface area contributed by atoms with Crippen LogP contribution in [0.25, 0.3) is 11.1 Å². The maximum absolute atomic E-state index is 11.2. The molecule has 0 atom stereocenters. The minimum Gasteiger partial charge on any atom is -0.478 e. The van der Waals surface area contributed by atoms with Crippen molar-refractivity contribution in [2.75, 3.05) is 0 Å². The lowest BCUT2D eigenvalue weighted by molar-refractivity contribution is 0.0697. The van der Waals surface area contributed by atoms with Crippen LogP contribution >= 0.6 is 11.6 Å². The predicted octanol–water partition coefficient (Wildman–Crippen LogP) is 3.20. The van der Waals surface area contributed by atoms with Gasteiger partial charge in [-0.25, -0.2) is 4.79 Å². The summed E-state index contributed by atoms with van der Waals surface area (Å²) in [6, 6.07) is 11.7. The Balaban J connectivity index is 2.61. The van der Waals surface area contributed by atoms with Gasteiger partial charge in [0.25, 0.3) is 0 Å². The Kier molecular flexibility index (Phi) is 3.65. The van der Waals surface area contributed by atoms with E-state index in [-0.39, 0.29) is 12.2 Å². The van der Waals surface area contributed by atoms with E-state index in [1.54, 1.807) is 36.4 Å². The minimum absolute atomic E-state index is 0.0865. The topological polar surface area (TPSA) is 57.5 Å². The number of aliphatic hydroxyl groups is 1. The van der Waals surface area contributed by atoms with Crippen LogP contribution < -0.4 is 0 Å². The highest BCUT2D eigenvalue weighted by Crippen LogP contribution is 2.27. The lowest BCUT2D eigenvalue weighted by Crippen LogP contribution is -1.99. The van der Waals surface area contributed by atoms with Crippen molar-refractivity contribution in [1.29, 1.82) is 0 Å². The van der Waals surface area contributed by atoms with E-state index >= 15 is 0 Å². The molecule has 0 saturated carbocycles. The van der Waals surface area contributed by atoms with Crippen molar-refractivity contribution in [3.05, 3.63) is 58.6 Å². The minimum atomic E-state index is -1.00. The van der Waals surface area contributed by atoms with Gasteiger partial charge in [0.15, 0.2) is 0 Å². The second-order valence-electron chi connectivity index (χ2n) is 3.85. The van der Waals surface area contributed by atoms with E-state index in [0.29, 0.717) is 10.6 Å². The van der Waals surface area contributed by atoms with Gasteiger partial charge in [0.1, 0.15) is 0 Å². The van der Waals surface area contributed by atoms with Gasteiger partial charge in [0.2, 0.25) is 0 Å². The number of hydrogen-bond donors (Lipinski definition) is 2. The van der Waals surface area contributed by atoms with Gasteiger partial charge in [-0.1, -0.05) is 29.8 Å². The number of benzene rings is 2. The molecule has 0 bridgehead atoms. The first-order valence-electron chi connectivity index (χ1n) is 5.35. The number of carboxylic acids is 1. The molecule has 2 rings (SSSR count). The van der Waals surface area contributed by atoms with Crippen molar-refractivity contribution in [2.24, 2.45) is 0 Å². The lowest BCUT2D eigenvalue weighted by Gasteiger charge is -2.08. The van der Waals surface area contributed by atoms with Crippen LogP contribution in [0.1, 0.15) is 15.9 Å². The van der Waals surface area contributed by atoms with Crippen molar-refractivity contribution in [1.82, 2.24) is 0 Å². The molecule has 0 amide bonds. The molecule has 0 aliphatic rings. The SMILES string of the molecule is O=C(O)c1ccc(Cl)cc1-c1cccc(CO)c1. The summed E-state index contributed by atoms with van der Waals surface area (Å²) in [5.41, 5.74) is 2.19. The zero-order valence-electron chi connectivity index (χ0n) is 9.43. The van der Waals surface area contributed by atoms with E-state index in [1.807, 2.05) is 0 Å². The molecule has 0 radical (unpaired) electrons. The molecule has 2 N–H and O–H groups in total. The van der Waals surface area contributed by atoms with Gasteiger partial charge in [-0.15, -0.1) is 0 Å².